The summed E-state index contributed by atoms with van der Waals surface area (Å²) in [5.41, 5.74) is 10.0. The molecule has 0 bridgehead atoms. The molecule has 2 aromatic carbocycles. The fourth-order valence-corrected chi connectivity index (χ4v) is 2.50. The monoisotopic (exact) mass is 312 g/mol. The van der Waals surface area contributed by atoms with Crippen LogP contribution in [0.15, 0.2) is 42.5 Å². The molecule has 4 N–H and O–H groups in total. The number of nitrogens with zero attached hydrogens (tertiary/aromatic N) is 1. The molecular formula is C18H24N4O. The van der Waals surface area contributed by atoms with E-state index in [0.29, 0.717) is 11.4 Å². The molecule has 5 nitrogen and oxygen atoms in total. The van der Waals surface area contributed by atoms with Crippen LogP contribution in [0, 0.1) is 6.92 Å². The van der Waals surface area contributed by atoms with E-state index in [2.05, 4.69) is 29.4 Å². The van der Waals surface area contributed by atoms with Gasteiger partial charge >= 0.3 is 6.03 Å². The summed E-state index contributed by atoms with van der Waals surface area (Å²) in [4.78, 5) is 14.4. The molecule has 2 amide bonds. The van der Waals surface area contributed by atoms with Gasteiger partial charge in [0.25, 0.3) is 0 Å². The molecule has 2 rings (SSSR count). The molecule has 0 aromatic heterocycles. The molecule has 0 unspecified atom stereocenters. The summed E-state index contributed by atoms with van der Waals surface area (Å²) < 4.78 is 0. The molecule has 0 saturated heterocycles. The lowest BCUT2D eigenvalue weighted by Gasteiger charge is -2.24. The number of nitrogen functional groups attached to an aromatic ring is 1. The first-order valence-corrected chi connectivity index (χ1v) is 7.82. The Bertz CT molecular complexity index is 680. The van der Waals surface area contributed by atoms with Crippen molar-refractivity contribution in [2.75, 3.05) is 34.4 Å². The van der Waals surface area contributed by atoms with E-state index < -0.39 is 0 Å². The summed E-state index contributed by atoms with van der Waals surface area (Å²) in [6, 6.07) is 13.0. The first-order chi connectivity index (χ1) is 11.0. The molecule has 0 heterocycles. The van der Waals surface area contributed by atoms with Crippen molar-refractivity contribution in [2.45, 2.75) is 20.8 Å². The zero-order valence-corrected chi connectivity index (χ0v) is 13.9. The molecule has 0 fully saturated rings. The second-order valence-electron chi connectivity index (χ2n) is 5.40. The zero-order chi connectivity index (χ0) is 16.8. The van der Waals surface area contributed by atoms with Gasteiger partial charge in [0.05, 0.1) is 11.4 Å². The van der Waals surface area contributed by atoms with E-state index in [9.17, 15) is 4.79 Å². The highest BCUT2D eigenvalue weighted by molar-refractivity contribution is 6.02. The van der Waals surface area contributed by atoms with Crippen molar-refractivity contribution in [1.82, 2.24) is 0 Å². The van der Waals surface area contributed by atoms with Crippen molar-refractivity contribution in [1.29, 1.82) is 0 Å². The standard InChI is InChI=1S/C18H24N4O/c1-4-22(5-2)17-10-9-14(19)12-16(17)21-18(23)20-15-8-6-7-13(3)11-15/h6-12H,4-5,19H2,1-3H3,(H2,20,21,23). The molecule has 23 heavy (non-hydrogen) atoms. The highest BCUT2D eigenvalue weighted by atomic mass is 16.2. The van der Waals surface area contributed by atoms with Gasteiger partial charge in [-0.1, -0.05) is 12.1 Å². The predicted octanol–water partition coefficient (Wildman–Crippen LogP) is 4.07. The van der Waals surface area contributed by atoms with Gasteiger partial charge in [-0.25, -0.2) is 4.79 Å². The van der Waals surface area contributed by atoms with Gasteiger partial charge in [-0.3, -0.25) is 0 Å². The van der Waals surface area contributed by atoms with Crippen molar-refractivity contribution in [3.05, 3.63) is 48.0 Å². The van der Waals surface area contributed by atoms with Crippen LogP contribution in [-0.4, -0.2) is 19.1 Å². The quantitative estimate of drug-likeness (QED) is 0.729. The highest BCUT2D eigenvalue weighted by Gasteiger charge is 2.11. The Hall–Kier alpha value is -2.69. The number of hydrogen-bond acceptors (Lipinski definition) is 3. The SMILES string of the molecule is CCN(CC)c1ccc(N)cc1NC(=O)Nc1cccc(C)c1. The fourth-order valence-electron chi connectivity index (χ4n) is 2.50. The Balaban J connectivity index is 2.18. The fraction of sp³-hybridized carbons (Fsp3) is 0.278. The number of carbonyl (C=O) groups is 1. The number of nitrogens with two attached hydrogens (primary N) is 1. The number of carbonyl (C=O) groups excluding carboxylic acids is 1. The van der Waals surface area contributed by atoms with Gasteiger partial charge in [-0.2, -0.15) is 0 Å². The summed E-state index contributed by atoms with van der Waals surface area (Å²) in [5, 5.41) is 5.74. The number of aryl methyl sites for hydroxylation is 1. The van der Waals surface area contributed by atoms with E-state index in [1.165, 1.54) is 0 Å². The van der Waals surface area contributed by atoms with Crippen LogP contribution in [0.4, 0.5) is 27.5 Å². The van der Waals surface area contributed by atoms with Crippen molar-refractivity contribution < 1.29 is 4.79 Å². The van der Waals surface area contributed by atoms with Gasteiger partial charge in [-0.15, -0.1) is 0 Å². The van der Waals surface area contributed by atoms with Crippen LogP contribution in [0.5, 0.6) is 0 Å². The molecule has 2 aromatic rings. The van der Waals surface area contributed by atoms with Gasteiger partial charge in [0.15, 0.2) is 0 Å². The van der Waals surface area contributed by atoms with E-state index >= 15 is 0 Å². The molecule has 0 atom stereocenters. The van der Waals surface area contributed by atoms with E-state index in [-0.39, 0.29) is 6.03 Å². The minimum Gasteiger partial charge on any atom is -0.399 e. The summed E-state index contributed by atoms with van der Waals surface area (Å²) in [6.07, 6.45) is 0. The third kappa shape index (κ3) is 4.39. The molecule has 5 heteroatoms. The van der Waals surface area contributed by atoms with Crippen molar-refractivity contribution >= 4 is 28.8 Å². The van der Waals surface area contributed by atoms with Crippen molar-refractivity contribution in [3.8, 4) is 0 Å². The average Bonchev–Trinajstić information content (AvgIpc) is 2.50. The van der Waals surface area contributed by atoms with Gasteiger partial charge in [0.1, 0.15) is 0 Å². The van der Waals surface area contributed by atoms with Gasteiger partial charge in [0.2, 0.25) is 0 Å². The Labute approximate surface area is 137 Å². The third-order valence-electron chi connectivity index (χ3n) is 3.65. The van der Waals surface area contributed by atoms with Gasteiger partial charge in [0, 0.05) is 24.5 Å². The zero-order valence-electron chi connectivity index (χ0n) is 13.9. The summed E-state index contributed by atoms with van der Waals surface area (Å²) in [6.45, 7) is 7.86. The van der Waals surface area contributed by atoms with Crippen LogP contribution < -0.4 is 21.3 Å². The Morgan fingerprint density at radius 3 is 2.48 bits per heavy atom. The Morgan fingerprint density at radius 1 is 1.09 bits per heavy atom. The van der Waals surface area contributed by atoms with Crippen molar-refractivity contribution in [3.63, 3.8) is 0 Å². The third-order valence-corrected chi connectivity index (χ3v) is 3.65. The second-order valence-corrected chi connectivity index (χ2v) is 5.40. The number of rotatable bonds is 5. The molecular weight excluding hydrogens is 288 g/mol. The molecule has 0 aliphatic rings. The lowest BCUT2D eigenvalue weighted by molar-refractivity contribution is 0.262. The Morgan fingerprint density at radius 2 is 1.83 bits per heavy atom. The number of urea groups is 1. The van der Waals surface area contributed by atoms with Crippen LogP contribution in [0.3, 0.4) is 0 Å². The predicted molar refractivity (Wildman–Crippen MR) is 98.2 cm³/mol. The molecule has 0 radical (unpaired) electrons. The van der Waals surface area contributed by atoms with E-state index in [4.69, 9.17) is 5.73 Å². The summed E-state index contributed by atoms with van der Waals surface area (Å²) in [5.74, 6) is 0. The molecule has 0 aliphatic carbocycles. The smallest absolute Gasteiger partial charge is 0.323 e. The number of benzene rings is 2. The highest BCUT2D eigenvalue weighted by Crippen LogP contribution is 2.28. The van der Waals surface area contributed by atoms with E-state index in [0.717, 1.165) is 30.0 Å². The topological polar surface area (TPSA) is 70.4 Å². The number of amides is 2. The average molecular weight is 312 g/mol. The lowest BCUT2D eigenvalue weighted by Crippen LogP contribution is -2.25. The van der Waals surface area contributed by atoms with Gasteiger partial charge in [-0.05, 0) is 56.7 Å². The van der Waals surface area contributed by atoms with E-state index in [1.807, 2.05) is 43.3 Å². The van der Waals surface area contributed by atoms with Crippen LogP contribution in [0.1, 0.15) is 19.4 Å². The number of hydrogen-bond donors (Lipinski definition) is 3. The molecule has 0 aliphatic heterocycles. The molecule has 122 valence electrons. The normalized spacial score (nSPS) is 10.2. The van der Waals surface area contributed by atoms with Crippen LogP contribution in [-0.2, 0) is 0 Å². The number of nitrogens with one attached hydrogen (secondary N) is 2. The lowest BCUT2D eigenvalue weighted by atomic mass is 10.2. The molecule has 0 saturated carbocycles. The maximum Gasteiger partial charge on any atom is 0.323 e. The van der Waals surface area contributed by atoms with Crippen LogP contribution in [0.25, 0.3) is 0 Å². The van der Waals surface area contributed by atoms with Crippen molar-refractivity contribution in [2.24, 2.45) is 0 Å². The minimum absolute atomic E-state index is 0.283. The number of anilines is 4. The summed E-state index contributed by atoms with van der Waals surface area (Å²) in [7, 11) is 0. The summed E-state index contributed by atoms with van der Waals surface area (Å²) >= 11 is 0. The maximum atomic E-state index is 12.3. The van der Waals surface area contributed by atoms with E-state index in [1.54, 1.807) is 6.07 Å². The second kappa shape index (κ2) is 7.54. The Kier molecular flexibility index (Phi) is 5.46. The van der Waals surface area contributed by atoms with Crippen LogP contribution >= 0.6 is 0 Å². The van der Waals surface area contributed by atoms with Crippen LogP contribution in [0.2, 0.25) is 0 Å². The van der Waals surface area contributed by atoms with Gasteiger partial charge < -0.3 is 21.3 Å². The maximum absolute atomic E-state index is 12.3. The first kappa shape index (κ1) is 16.7. The minimum atomic E-state index is -0.283. The first-order valence-electron chi connectivity index (χ1n) is 7.82. The molecule has 0 spiro atoms. The largest absolute Gasteiger partial charge is 0.399 e.